The van der Waals surface area contributed by atoms with Gasteiger partial charge in [-0.2, -0.15) is 0 Å². The van der Waals surface area contributed by atoms with Crippen molar-refractivity contribution in [3.8, 4) is 0 Å². The van der Waals surface area contributed by atoms with Crippen LogP contribution < -0.4 is 0 Å². The minimum Gasteiger partial charge on any atom is -0.462 e. The van der Waals surface area contributed by atoms with Gasteiger partial charge in [-0.25, -0.2) is 9.13 Å². The van der Waals surface area contributed by atoms with Gasteiger partial charge in [0.1, 0.15) is 19.3 Å². The quantitative estimate of drug-likeness (QED) is 0.0222. The molecule has 0 aliphatic rings. The second kappa shape index (κ2) is 76.1. The molecule has 0 aliphatic heterocycles. The molecule has 0 rings (SSSR count). The standard InChI is InChI=1S/C86H168O17P2/c1-8-10-11-12-13-14-15-16-17-23-30-35-40-47-55-62-70-86(91)103-82(74-97-84(89)68-61-54-49-42-44-51-58-65-78(5)6)76-101-105(94,95)99-72-80(87)71-98-104(92,93)100-75-81(73-96-83(88)67-60-53-46-39-34-29-26-25-27-32-37-43-50-57-64-77(3)4)102-85(90)69-63-56-48-41-36-31-24-21-19-18-20-22-28-33-38-45-52-59-66-79(7)9-2/h77-82,87H,8-76H2,1-7H3,(H,92,93)(H,94,95)/t79?,80-,81-,82-/m1/s1. The van der Waals surface area contributed by atoms with Gasteiger partial charge in [0.15, 0.2) is 12.2 Å². The van der Waals surface area contributed by atoms with Gasteiger partial charge in [-0.3, -0.25) is 37.3 Å². The van der Waals surface area contributed by atoms with Crippen molar-refractivity contribution in [2.75, 3.05) is 39.6 Å². The van der Waals surface area contributed by atoms with Gasteiger partial charge < -0.3 is 33.8 Å². The zero-order valence-corrected chi connectivity index (χ0v) is 71.0. The Morgan fingerprint density at radius 3 is 0.724 bits per heavy atom. The largest absolute Gasteiger partial charge is 0.472 e. The molecule has 0 aromatic carbocycles. The first-order valence-corrected chi connectivity index (χ1v) is 47.4. The van der Waals surface area contributed by atoms with Crippen molar-refractivity contribution in [3.63, 3.8) is 0 Å². The Labute approximate surface area is 645 Å². The fraction of sp³-hybridized carbons (Fsp3) is 0.953. The van der Waals surface area contributed by atoms with E-state index in [1.165, 1.54) is 257 Å². The van der Waals surface area contributed by atoms with Crippen molar-refractivity contribution in [1.82, 2.24) is 0 Å². The predicted octanol–water partition coefficient (Wildman–Crippen LogP) is 26.1. The molecule has 19 heteroatoms. The summed E-state index contributed by atoms with van der Waals surface area (Å²) < 4.78 is 68.9. The van der Waals surface area contributed by atoms with Crippen molar-refractivity contribution >= 4 is 39.5 Å². The van der Waals surface area contributed by atoms with Crippen LogP contribution in [-0.2, 0) is 65.4 Å². The molecule has 0 radical (unpaired) electrons. The summed E-state index contributed by atoms with van der Waals surface area (Å²) in [5.41, 5.74) is 0. The van der Waals surface area contributed by atoms with Crippen LogP contribution in [0.2, 0.25) is 0 Å². The predicted molar refractivity (Wildman–Crippen MR) is 432 cm³/mol. The van der Waals surface area contributed by atoms with E-state index >= 15 is 0 Å². The second-order valence-electron chi connectivity index (χ2n) is 32.1. The number of unbranched alkanes of at least 4 members (excludes halogenated alkanes) is 51. The molecule has 0 amide bonds. The van der Waals surface area contributed by atoms with Gasteiger partial charge in [-0.1, -0.05) is 402 Å². The Morgan fingerprint density at radius 1 is 0.276 bits per heavy atom. The average molecular weight is 1540 g/mol. The number of phosphoric ester groups is 2. The SMILES string of the molecule is CCCCCCCCCCCCCCCCCCC(=O)O[C@H](COC(=O)CCCCCCCCCC(C)C)COP(=O)(O)OC[C@H](O)COP(=O)(O)OC[C@@H](COC(=O)CCCCCCCCCCCCCCCCC(C)C)OC(=O)CCCCCCCCCCCCCCCCCCCCC(C)CC. The number of aliphatic hydroxyl groups excluding tert-OH is 1. The Balaban J connectivity index is 5.22. The van der Waals surface area contributed by atoms with E-state index in [9.17, 15) is 43.2 Å². The third kappa shape index (κ3) is 78.5. The Bertz CT molecular complexity index is 2030. The summed E-state index contributed by atoms with van der Waals surface area (Å²) in [5, 5.41) is 10.7. The molecule has 0 heterocycles. The highest BCUT2D eigenvalue weighted by Crippen LogP contribution is 2.45. The highest BCUT2D eigenvalue weighted by atomic mass is 31.2. The first-order valence-electron chi connectivity index (χ1n) is 44.4. The first kappa shape index (κ1) is 103. The zero-order chi connectivity index (χ0) is 77.2. The van der Waals surface area contributed by atoms with Gasteiger partial charge in [0.05, 0.1) is 26.4 Å². The molecular weight excluding hydrogens is 1370 g/mol. The molecular formula is C86H168O17P2. The van der Waals surface area contributed by atoms with Crippen molar-refractivity contribution in [2.24, 2.45) is 17.8 Å². The summed E-state index contributed by atoms with van der Waals surface area (Å²) in [7, 11) is -9.93. The lowest BCUT2D eigenvalue weighted by Crippen LogP contribution is -2.30. The average Bonchev–Trinajstić information content (AvgIpc) is 0.938. The first-order chi connectivity index (χ1) is 50.8. The Morgan fingerprint density at radius 2 is 0.486 bits per heavy atom. The summed E-state index contributed by atoms with van der Waals surface area (Å²) >= 11 is 0. The van der Waals surface area contributed by atoms with Crippen LogP contribution in [0, 0.1) is 17.8 Å². The molecule has 0 fully saturated rings. The molecule has 0 aliphatic carbocycles. The van der Waals surface area contributed by atoms with Crippen molar-refractivity contribution < 1.29 is 80.2 Å². The summed E-state index contributed by atoms with van der Waals surface area (Å²) in [4.78, 5) is 73.2. The lowest BCUT2D eigenvalue weighted by molar-refractivity contribution is -0.161. The van der Waals surface area contributed by atoms with E-state index < -0.39 is 97.5 Å². The third-order valence-electron chi connectivity index (χ3n) is 20.5. The molecule has 3 unspecified atom stereocenters. The number of esters is 4. The molecule has 0 aromatic rings. The van der Waals surface area contributed by atoms with Crippen LogP contribution in [0.15, 0.2) is 0 Å². The van der Waals surface area contributed by atoms with E-state index in [4.69, 9.17) is 37.0 Å². The fourth-order valence-electron chi connectivity index (χ4n) is 13.3. The van der Waals surface area contributed by atoms with Crippen molar-refractivity contribution in [2.45, 2.75) is 471 Å². The van der Waals surface area contributed by atoms with E-state index in [0.29, 0.717) is 31.6 Å². The number of ether oxygens (including phenoxy) is 4. The molecule has 0 saturated heterocycles. The number of phosphoric acid groups is 2. The lowest BCUT2D eigenvalue weighted by Gasteiger charge is -2.21. The number of hydrogen-bond acceptors (Lipinski definition) is 15. The minimum absolute atomic E-state index is 0.108. The van der Waals surface area contributed by atoms with Crippen LogP contribution >= 0.6 is 15.6 Å². The molecule has 624 valence electrons. The summed E-state index contributed by atoms with van der Waals surface area (Å²) in [6.07, 6.45) is 66.7. The molecule has 105 heavy (non-hydrogen) atoms. The molecule has 17 nitrogen and oxygen atoms in total. The van der Waals surface area contributed by atoms with Crippen LogP contribution in [0.25, 0.3) is 0 Å². The molecule has 0 aromatic heterocycles. The van der Waals surface area contributed by atoms with Gasteiger partial charge >= 0.3 is 39.5 Å². The van der Waals surface area contributed by atoms with Crippen LogP contribution in [0.4, 0.5) is 0 Å². The molecule has 6 atom stereocenters. The molecule has 0 bridgehead atoms. The number of rotatable bonds is 84. The van der Waals surface area contributed by atoms with E-state index in [-0.39, 0.29) is 25.7 Å². The van der Waals surface area contributed by atoms with E-state index in [0.717, 1.165) is 108 Å². The third-order valence-corrected chi connectivity index (χ3v) is 22.4. The highest BCUT2D eigenvalue weighted by molar-refractivity contribution is 7.47. The van der Waals surface area contributed by atoms with Crippen molar-refractivity contribution in [1.29, 1.82) is 0 Å². The van der Waals surface area contributed by atoms with Gasteiger partial charge in [0, 0.05) is 25.7 Å². The van der Waals surface area contributed by atoms with Gasteiger partial charge in [-0.15, -0.1) is 0 Å². The molecule has 0 spiro atoms. The number of hydrogen-bond donors (Lipinski definition) is 3. The topological polar surface area (TPSA) is 237 Å². The maximum Gasteiger partial charge on any atom is 0.472 e. The monoisotopic (exact) mass is 1540 g/mol. The zero-order valence-electron chi connectivity index (χ0n) is 69.2. The van der Waals surface area contributed by atoms with E-state index in [1.54, 1.807) is 0 Å². The molecule has 0 saturated carbocycles. The fourth-order valence-corrected chi connectivity index (χ4v) is 14.9. The number of carbonyl (C=O) groups is 4. The van der Waals surface area contributed by atoms with E-state index in [2.05, 4.69) is 48.5 Å². The van der Waals surface area contributed by atoms with Crippen LogP contribution in [-0.4, -0.2) is 96.7 Å². The second-order valence-corrected chi connectivity index (χ2v) is 35.0. The maximum atomic E-state index is 13.1. The van der Waals surface area contributed by atoms with Crippen LogP contribution in [0.3, 0.4) is 0 Å². The summed E-state index contributed by atoms with van der Waals surface area (Å²) in [6, 6.07) is 0. The van der Waals surface area contributed by atoms with Crippen LogP contribution in [0.5, 0.6) is 0 Å². The van der Waals surface area contributed by atoms with Crippen molar-refractivity contribution in [3.05, 3.63) is 0 Å². The smallest absolute Gasteiger partial charge is 0.462 e. The van der Waals surface area contributed by atoms with Gasteiger partial charge in [-0.05, 0) is 43.4 Å². The number of aliphatic hydroxyl groups is 1. The minimum atomic E-state index is -4.97. The van der Waals surface area contributed by atoms with Gasteiger partial charge in [0.25, 0.3) is 0 Å². The Kier molecular flexibility index (Phi) is 74.7. The summed E-state index contributed by atoms with van der Waals surface area (Å²) in [5.74, 6) is 0.270. The normalized spacial score (nSPS) is 14.1. The Hall–Kier alpha value is -1.94. The highest BCUT2D eigenvalue weighted by Gasteiger charge is 2.30. The van der Waals surface area contributed by atoms with Crippen LogP contribution in [0.1, 0.15) is 453 Å². The lowest BCUT2D eigenvalue weighted by atomic mass is 9.99. The molecule has 3 N–H and O–H groups in total. The van der Waals surface area contributed by atoms with Gasteiger partial charge in [0.2, 0.25) is 0 Å². The summed E-state index contributed by atoms with van der Waals surface area (Å²) in [6.45, 7) is 12.0. The number of carbonyl (C=O) groups excluding carboxylic acids is 4. The van der Waals surface area contributed by atoms with E-state index in [1.807, 2.05) is 0 Å². The maximum absolute atomic E-state index is 13.1.